The average molecular weight is 282 g/mol. The molecule has 0 unspecified atom stereocenters. The molecule has 1 saturated heterocycles. The standard InChI is InChI=1S/C18H22N2O/c1-14-10-15(2)18(19-11-14)13-20-9-8-17(12-20)21-16-6-4-3-5-7-16/h3-7,10-11,17H,8-9,12-13H2,1-2H3/t17-/m1/s1. The van der Waals surface area contributed by atoms with Gasteiger partial charge in [-0.25, -0.2) is 0 Å². The second-order valence-corrected chi connectivity index (χ2v) is 5.85. The Morgan fingerprint density at radius 1 is 1.24 bits per heavy atom. The summed E-state index contributed by atoms with van der Waals surface area (Å²) in [5.74, 6) is 0.967. The van der Waals surface area contributed by atoms with Crippen molar-refractivity contribution in [3.05, 3.63) is 59.4 Å². The van der Waals surface area contributed by atoms with E-state index in [1.165, 1.54) is 16.8 Å². The Bertz CT molecular complexity index is 597. The zero-order valence-electron chi connectivity index (χ0n) is 12.7. The Hall–Kier alpha value is -1.87. The Kier molecular flexibility index (Phi) is 4.20. The minimum absolute atomic E-state index is 0.290. The average Bonchev–Trinajstić information content (AvgIpc) is 2.90. The number of hydrogen-bond donors (Lipinski definition) is 0. The topological polar surface area (TPSA) is 25.4 Å². The highest BCUT2D eigenvalue weighted by atomic mass is 16.5. The van der Waals surface area contributed by atoms with Gasteiger partial charge in [-0.05, 0) is 43.5 Å². The first kappa shape index (κ1) is 14.1. The summed E-state index contributed by atoms with van der Waals surface area (Å²) < 4.78 is 6.03. The van der Waals surface area contributed by atoms with E-state index in [1.807, 2.05) is 36.5 Å². The van der Waals surface area contributed by atoms with Gasteiger partial charge in [0.05, 0.1) is 5.69 Å². The Labute approximate surface area is 126 Å². The van der Waals surface area contributed by atoms with Crippen LogP contribution in [0.3, 0.4) is 0 Å². The lowest BCUT2D eigenvalue weighted by Gasteiger charge is -2.17. The predicted octanol–water partition coefficient (Wildman–Crippen LogP) is 3.35. The highest BCUT2D eigenvalue weighted by Gasteiger charge is 2.24. The van der Waals surface area contributed by atoms with Gasteiger partial charge in [0.25, 0.3) is 0 Å². The van der Waals surface area contributed by atoms with Crippen LogP contribution in [0.4, 0.5) is 0 Å². The van der Waals surface area contributed by atoms with Crippen molar-refractivity contribution in [1.82, 2.24) is 9.88 Å². The van der Waals surface area contributed by atoms with Crippen LogP contribution in [-0.4, -0.2) is 29.1 Å². The largest absolute Gasteiger partial charge is 0.489 e. The van der Waals surface area contributed by atoms with Gasteiger partial charge in [0, 0.05) is 25.8 Å². The smallest absolute Gasteiger partial charge is 0.119 e. The van der Waals surface area contributed by atoms with Gasteiger partial charge in [-0.2, -0.15) is 0 Å². The lowest BCUT2D eigenvalue weighted by molar-refractivity contribution is 0.197. The zero-order chi connectivity index (χ0) is 14.7. The molecule has 0 saturated carbocycles. The van der Waals surface area contributed by atoms with Crippen LogP contribution in [0.15, 0.2) is 42.6 Å². The third kappa shape index (κ3) is 3.61. The number of likely N-dealkylation sites (tertiary alicyclic amines) is 1. The van der Waals surface area contributed by atoms with Gasteiger partial charge >= 0.3 is 0 Å². The predicted molar refractivity (Wildman–Crippen MR) is 84.5 cm³/mol. The van der Waals surface area contributed by atoms with E-state index < -0.39 is 0 Å². The van der Waals surface area contributed by atoms with Crippen LogP contribution in [-0.2, 0) is 6.54 Å². The molecule has 1 aliphatic heterocycles. The quantitative estimate of drug-likeness (QED) is 0.860. The molecule has 0 amide bonds. The van der Waals surface area contributed by atoms with E-state index >= 15 is 0 Å². The molecule has 110 valence electrons. The van der Waals surface area contributed by atoms with Crippen LogP contribution < -0.4 is 4.74 Å². The summed E-state index contributed by atoms with van der Waals surface area (Å²) in [7, 11) is 0. The molecule has 0 spiro atoms. The third-order valence-electron chi connectivity index (χ3n) is 3.97. The minimum atomic E-state index is 0.290. The van der Waals surface area contributed by atoms with E-state index in [-0.39, 0.29) is 6.10 Å². The highest BCUT2D eigenvalue weighted by molar-refractivity contribution is 5.23. The number of aromatic nitrogens is 1. The van der Waals surface area contributed by atoms with E-state index in [4.69, 9.17) is 4.74 Å². The molecular formula is C18H22N2O. The molecule has 1 aromatic carbocycles. The second-order valence-electron chi connectivity index (χ2n) is 5.85. The van der Waals surface area contributed by atoms with Crippen molar-refractivity contribution in [1.29, 1.82) is 0 Å². The van der Waals surface area contributed by atoms with Crippen molar-refractivity contribution >= 4 is 0 Å². The number of nitrogens with zero attached hydrogens (tertiary/aromatic N) is 2. The van der Waals surface area contributed by atoms with Crippen molar-refractivity contribution in [3.8, 4) is 5.75 Å². The van der Waals surface area contributed by atoms with Crippen molar-refractivity contribution in [2.75, 3.05) is 13.1 Å². The number of benzene rings is 1. The Balaban J connectivity index is 1.57. The van der Waals surface area contributed by atoms with Gasteiger partial charge in [0.15, 0.2) is 0 Å². The first-order chi connectivity index (χ1) is 10.2. The molecule has 3 rings (SSSR count). The first-order valence-corrected chi connectivity index (χ1v) is 7.57. The fourth-order valence-corrected chi connectivity index (χ4v) is 2.85. The van der Waals surface area contributed by atoms with Gasteiger partial charge < -0.3 is 4.74 Å². The van der Waals surface area contributed by atoms with Crippen molar-refractivity contribution in [2.24, 2.45) is 0 Å². The monoisotopic (exact) mass is 282 g/mol. The molecule has 0 bridgehead atoms. The number of hydrogen-bond acceptors (Lipinski definition) is 3. The summed E-state index contributed by atoms with van der Waals surface area (Å²) in [6.45, 7) is 7.20. The van der Waals surface area contributed by atoms with Crippen LogP contribution in [0.1, 0.15) is 23.2 Å². The maximum atomic E-state index is 6.03. The summed E-state index contributed by atoms with van der Waals surface area (Å²) in [6.07, 6.45) is 3.33. The zero-order valence-corrected chi connectivity index (χ0v) is 12.7. The molecule has 21 heavy (non-hydrogen) atoms. The molecule has 1 atom stereocenters. The molecular weight excluding hydrogens is 260 g/mol. The van der Waals surface area contributed by atoms with Crippen LogP contribution >= 0.6 is 0 Å². The number of rotatable bonds is 4. The lowest BCUT2D eigenvalue weighted by atomic mass is 10.1. The van der Waals surface area contributed by atoms with Crippen LogP contribution in [0, 0.1) is 13.8 Å². The van der Waals surface area contributed by atoms with Crippen LogP contribution in [0.25, 0.3) is 0 Å². The normalized spacial score (nSPS) is 18.9. The first-order valence-electron chi connectivity index (χ1n) is 7.57. The maximum Gasteiger partial charge on any atom is 0.119 e. The molecule has 3 heteroatoms. The molecule has 1 fully saturated rings. The summed E-state index contributed by atoms with van der Waals surface area (Å²) in [4.78, 5) is 7.00. The minimum Gasteiger partial charge on any atom is -0.489 e. The third-order valence-corrected chi connectivity index (χ3v) is 3.97. The van der Waals surface area contributed by atoms with Crippen molar-refractivity contribution < 1.29 is 4.74 Å². The fraction of sp³-hybridized carbons (Fsp3) is 0.389. The molecule has 1 aliphatic rings. The van der Waals surface area contributed by atoms with Crippen LogP contribution in [0.2, 0.25) is 0 Å². The van der Waals surface area contributed by atoms with Crippen molar-refractivity contribution in [3.63, 3.8) is 0 Å². The summed E-state index contributed by atoms with van der Waals surface area (Å²) >= 11 is 0. The molecule has 2 heterocycles. The second kappa shape index (κ2) is 6.27. The lowest BCUT2D eigenvalue weighted by Crippen LogP contribution is -2.25. The van der Waals surface area contributed by atoms with Gasteiger partial charge in [0.1, 0.15) is 11.9 Å². The van der Waals surface area contributed by atoms with E-state index in [9.17, 15) is 0 Å². The molecule has 0 N–H and O–H groups in total. The van der Waals surface area contributed by atoms with E-state index in [0.717, 1.165) is 31.8 Å². The Morgan fingerprint density at radius 3 is 2.81 bits per heavy atom. The van der Waals surface area contributed by atoms with Gasteiger partial charge in [-0.15, -0.1) is 0 Å². The number of pyridine rings is 1. The molecule has 2 aromatic rings. The summed E-state index contributed by atoms with van der Waals surface area (Å²) in [5.41, 5.74) is 3.69. The van der Waals surface area contributed by atoms with Crippen molar-refractivity contribution in [2.45, 2.75) is 32.9 Å². The summed E-state index contributed by atoms with van der Waals surface area (Å²) in [6, 6.07) is 12.3. The number of ether oxygens (including phenoxy) is 1. The number of aryl methyl sites for hydroxylation is 2. The molecule has 1 aromatic heterocycles. The van der Waals surface area contributed by atoms with Gasteiger partial charge in [-0.1, -0.05) is 24.3 Å². The van der Waals surface area contributed by atoms with E-state index in [0.29, 0.717) is 0 Å². The highest BCUT2D eigenvalue weighted by Crippen LogP contribution is 2.20. The van der Waals surface area contributed by atoms with Crippen LogP contribution in [0.5, 0.6) is 5.75 Å². The summed E-state index contributed by atoms with van der Waals surface area (Å²) in [5, 5.41) is 0. The maximum absolute atomic E-state index is 6.03. The fourth-order valence-electron chi connectivity index (χ4n) is 2.85. The Morgan fingerprint density at radius 2 is 2.05 bits per heavy atom. The van der Waals surface area contributed by atoms with E-state index in [2.05, 4.69) is 29.8 Å². The molecule has 0 radical (unpaired) electrons. The van der Waals surface area contributed by atoms with Gasteiger partial charge in [0.2, 0.25) is 0 Å². The number of para-hydroxylation sites is 1. The SMILES string of the molecule is Cc1cnc(CN2CC[C@@H](Oc3ccccc3)C2)c(C)c1. The molecule has 0 aliphatic carbocycles. The molecule has 3 nitrogen and oxygen atoms in total. The van der Waals surface area contributed by atoms with Gasteiger partial charge in [-0.3, -0.25) is 9.88 Å². The van der Waals surface area contributed by atoms with E-state index in [1.54, 1.807) is 0 Å².